The number of thiophene rings is 1. The summed E-state index contributed by atoms with van der Waals surface area (Å²) in [5.41, 5.74) is 0. The summed E-state index contributed by atoms with van der Waals surface area (Å²) in [6.07, 6.45) is 0. The first-order chi connectivity index (χ1) is 5.65. The van der Waals surface area contributed by atoms with Gasteiger partial charge in [-0.15, -0.1) is 11.3 Å². The molecular weight excluding hydrogens is 219 g/mol. The Balaban J connectivity index is 0.00000144. The molecule has 0 atom stereocenters. The Morgan fingerprint density at radius 3 is 2.31 bits per heavy atom. The van der Waals surface area contributed by atoms with Crippen molar-refractivity contribution in [3.05, 3.63) is 21.9 Å². The standard InChI is InChI=1S/C7H6O4S.K/c1-11-7(10)5-3-2-4(12-5)6(8)9;/h2-3H,1H3,(H,8,9);/q;+1/p-1. The Kier molecular flexibility index (Phi) is 6.02. The largest absolute Gasteiger partial charge is 1.00 e. The van der Waals surface area contributed by atoms with Crippen molar-refractivity contribution in [1.82, 2.24) is 0 Å². The van der Waals surface area contributed by atoms with Crippen LogP contribution in [0.15, 0.2) is 12.1 Å². The van der Waals surface area contributed by atoms with Gasteiger partial charge in [0.05, 0.1) is 18.0 Å². The maximum atomic E-state index is 10.8. The van der Waals surface area contributed by atoms with Crippen molar-refractivity contribution >= 4 is 23.3 Å². The second-order valence-electron chi connectivity index (χ2n) is 1.94. The Labute approximate surface area is 121 Å². The fourth-order valence-electron chi connectivity index (χ4n) is 0.658. The maximum absolute atomic E-state index is 10.8. The maximum Gasteiger partial charge on any atom is 1.00 e. The first-order valence-corrected chi connectivity index (χ1v) is 3.86. The molecule has 0 bridgehead atoms. The number of aromatic carboxylic acids is 1. The van der Waals surface area contributed by atoms with E-state index in [0.29, 0.717) is 0 Å². The van der Waals surface area contributed by atoms with Crippen molar-refractivity contribution in [2.75, 3.05) is 7.11 Å². The number of carboxylic acid groups (broad SMARTS) is 1. The van der Waals surface area contributed by atoms with Crippen molar-refractivity contribution < 1.29 is 70.8 Å². The molecule has 1 heterocycles. The van der Waals surface area contributed by atoms with Gasteiger partial charge in [-0.1, -0.05) is 0 Å². The quantitative estimate of drug-likeness (QED) is 0.394. The number of esters is 1. The normalized spacial score (nSPS) is 8.69. The average molecular weight is 224 g/mol. The molecule has 0 saturated heterocycles. The van der Waals surface area contributed by atoms with Crippen LogP contribution in [-0.2, 0) is 4.74 Å². The molecule has 0 fully saturated rings. The van der Waals surface area contributed by atoms with Crippen LogP contribution in [-0.4, -0.2) is 19.0 Å². The average Bonchev–Trinajstić information content (AvgIpc) is 2.51. The summed E-state index contributed by atoms with van der Waals surface area (Å²) in [4.78, 5) is 21.4. The van der Waals surface area contributed by atoms with E-state index in [1.807, 2.05) is 0 Å². The molecule has 6 heteroatoms. The first-order valence-electron chi connectivity index (χ1n) is 3.04. The van der Waals surface area contributed by atoms with Crippen LogP contribution in [0.4, 0.5) is 0 Å². The van der Waals surface area contributed by atoms with Gasteiger partial charge in [0.25, 0.3) is 0 Å². The Morgan fingerprint density at radius 2 is 1.92 bits per heavy atom. The molecule has 0 unspecified atom stereocenters. The van der Waals surface area contributed by atoms with E-state index in [9.17, 15) is 14.7 Å². The van der Waals surface area contributed by atoms with Gasteiger partial charge in [-0.3, -0.25) is 0 Å². The number of hydrogen-bond donors (Lipinski definition) is 0. The van der Waals surface area contributed by atoms with Gasteiger partial charge in [0, 0.05) is 0 Å². The molecule has 0 aliphatic heterocycles. The van der Waals surface area contributed by atoms with Crippen molar-refractivity contribution in [2.24, 2.45) is 0 Å². The number of carbonyl (C=O) groups excluding carboxylic acids is 2. The van der Waals surface area contributed by atoms with Crippen LogP contribution in [0.3, 0.4) is 0 Å². The second kappa shape index (κ2) is 5.89. The monoisotopic (exact) mass is 224 g/mol. The number of rotatable bonds is 2. The Hall–Kier alpha value is 0.276. The van der Waals surface area contributed by atoms with Crippen molar-refractivity contribution in [1.29, 1.82) is 0 Å². The topological polar surface area (TPSA) is 66.4 Å². The molecular formula is C7H5KO4S. The van der Waals surface area contributed by atoms with Crippen LogP contribution >= 0.6 is 11.3 Å². The van der Waals surface area contributed by atoms with Gasteiger partial charge in [-0.2, -0.15) is 0 Å². The third-order valence-corrected chi connectivity index (χ3v) is 2.24. The van der Waals surface area contributed by atoms with Gasteiger partial charge >= 0.3 is 57.4 Å². The first kappa shape index (κ1) is 13.3. The molecule has 1 aromatic rings. The predicted molar refractivity (Wildman–Crippen MR) is 40.0 cm³/mol. The molecule has 0 radical (unpaired) electrons. The van der Waals surface area contributed by atoms with E-state index < -0.39 is 11.9 Å². The summed E-state index contributed by atoms with van der Waals surface area (Å²) in [7, 11) is 1.24. The van der Waals surface area contributed by atoms with Crippen molar-refractivity contribution in [2.45, 2.75) is 0 Å². The number of hydrogen-bond acceptors (Lipinski definition) is 5. The summed E-state index contributed by atoms with van der Waals surface area (Å²) < 4.78 is 4.39. The van der Waals surface area contributed by atoms with Gasteiger partial charge in [-0.25, -0.2) is 4.79 Å². The summed E-state index contributed by atoms with van der Waals surface area (Å²) in [6, 6.07) is 2.70. The molecule has 1 aromatic heterocycles. The minimum atomic E-state index is -1.28. The second-order valence-corrected chi connectivity index (χ2v) is 3.03. The molecule has 64 valence electrons. The molecule has 4 nitrogen and oxygen atoms in total. The van der Waals surface area contributed by atoms with E-state index in [1.54, 1.807) is 0 Å². The van der Waals surface area contributed by atoms with Crippen LogP contribution in [0.25, 0.3) is 0 Å². The summed E-state index contributed by atoms with van der Waals surface area (Å²) in [6.45, 7) is 0. The zero-order chi connectivity index (χ0) is 9.14. The number of ether oxygens (including phenoxy) is 1. The van der Waals surface area contributed by atoms with Crippen molar-refractivity contribution in [3.63, 3.8) is 0 Å². The van der Waals surface area contributed by atoms with Gasteiger partial charge in [0.15, 0.2) is 0 Å². The molecule has 0 N–H and O–H groups in total. The van der Waals surface area contributed by atoms with Gasteiger partial charge < -0.3 is 14.6 Å². The third kappa shape index (κ3) is 3.49. The smallest absolute Gasteiger partial charge is 0.544 e. The Morgan fingerprint density at radius 1 is 1.38 bits per heavy atom. The van der Waals surface area contributed by atoms with Crippen LogP contribution < -0.4 is 56.5 Å². The minimum absolute atomic E-state index is 0. The summed E-state index contributed by atoms with van der Waals surface area (Å²) in [5.74, 6) is -1.82. The molecule has 0 saturated carbocycles. The van der Waals surface area contributed by atoms with E-state index >= 15 is 0 Å². The summed E-state index contributed by atoms with van der Waals surface area (Å²) in [5, 5.41) is 10.3. The van der Waals surface area contributed by atoms with E-state index in [-0.39, 0.29) is 61.1 Å². The van der Waals surface area contributed by atoms with E-state index in [4.69, 9.17) is 0 Å². The molecule has 0 aliphatic carbocycles. The molecule has 0 amide bonds. The Bertz CT molecular complexity index is 320. The van der Waals surface area contributed by atoms with Crippen LogP contribution in [0.2, 0.25) is 0 Å². The van der Waals surface area contributed by atoms with E-state index in [2.05, 4.69) is 4.74 Å². The zero-order valence-electron chi connectivity index (χ0n) is 7.20. The number of carboxylic acids is 1. The molecule has 0 aromatic carbocycles. The predicted octanol–water partition coefficient (Wildman–Crippen LogP) is -3.10. The van der Waals surface area contributed by atoms with E-state index in [0.717, 1.165) is 11.3 Å². The van der Waals surface area contributed by atoms with E-state index in [1.165, 1.54) is 19.2 Å². The minimum Gasteiger partial charge on any atom is -0.544 e. The molecule has 0 spiro atoms. The SMILES string of the molecule is COC(=O)c1ccc(C(=O)[O-])s1.[K+]. The van der Waals surface area contributed by atoms with Crippen LogP contribution in [0.1, 0.15) is 19.3 Å². The van der Waals surface area contributed by atoms with Crippen molar-refractivity contribution in [3.8, 4) is 0 Å². The van der Waals surface area contributed by atoms with Gasteiger partial charge in [0.2, 0.25) is 0 Å². The summed E-state index contributed by atoms with van der Waals surface area (Å²) >= 11 is 0.837. The molecule has 0 aliphatic rings. The number of carbonyl (C=O) groups is 2. The van der Waals surface area contributed by atoms with Crippen LogP contribution in [0.5, 0.6) is 0 Å². The van der Waals surface area contributed by atoms with Gasteiger partial charge in [-0.05, 0) is 12.1 Å². The third-order valence-electron chi connectivity index (χ3n) is 1.19. The number of methoxy groups -OCH3 is 1. The zero-order valence-corrected chi connectivity index (χ0v) is 11.1. The van der Waals surface area contributed by atoms with Gasteiger partial charge in [0.1, 0.15) is 4.88 Å². The molecule has 13 heavy (non-hydrogen) atoms. The van der Waals surface area contributed by atoms with Crippen LogP contribution in [0, 0.1) is 0 Å². The fourth-order valence-corrected chi connectivity index (χ4v) is 1.42. The molecule has 1 rings (SSSR count). The fraction of sp³-hybridized carbons (Fsp3) is 0.143.